The number of pyridine rings is 1. The highest BCUT2D eigenvalue weighted by Crippen LogP contribution is 2.37. The van der Waals surface area contributed by atoms with E-state index in [1.165, 1.54) is 11.8 Å². The number of aliphatic hydroxyl groups is 2. The smallest absolute Gasteiger partial charge is 0.387 e. The first-order valence-electron chi connectivity index (χ1n) is 9.90. The maximum atomic E-state index is 13.5. The number of carbonyl (C=O) groups excluding carboxylic acids is 2. The second kappa shape index (κ2) is 7.75. The fourth-order valence-electron chi connectivity index (χ4n) is 4.11. The minimum Gasteiger partial charge on any atom is -0.387 e. The summed E-state index contributed by atoms with van der Waals surface area (Å²) in [5.74, 6) is -2.29. The summed E-state index contributed by atoms with van der Waals surface area (Å²) in [6.45, 7) is 3.76. The van der Waals surface area contributed by atoms with Crippen molar-refractivity contribution in [2.24, 2.45) is 0 Å². The molecule has 2 aliphatic heterocycles. The van der Waals surface area contributed by atoms with Gasteiger partial charge >= 0.3 is 6.18 Å². The van der Waals surface area contributed by atoms with Crippen LogP contribution in [-0.2, 0) is 15.8 Å². The summed E-state index contributed by atoms with van der Waals surface area (Å²) in [4.78, 5) is 32.2. The van der Waals surface area contributed by atoms with Crippen LogP contribution in [0.4, 0.5) is 30.4 Å². The zero-order valence-electron chi connectivity index (χ0n) is 17.2. The van der Waals surface area contributed by atoms with Crippen LogP contribution in [-0.4, -0.2) is 58.4 Å². The van der Waals surface area contributed by atoms with Crippen LogP contribution in [0.5, 0.6) is 0 Å². The third-order valence-corrected chi connectivity index (χ3v) is 5.63. The third kappa shape index (κ3) is 3.56. The number of carbonyl (C=O) groups is 2. The molecule has 32 heavy (non-hydrogen) atoms. The summed E-state index contributed by atoms with van der Waals surface area (Å²) in [6.07, 6.45) is -8.52. The average molecular weight is 450 g/mol. The van der Waals surface area contributed by atoms with Crippen LogP contribution in [0.3, 0.4) is 0 Å². The van der Waals surface area contributed by atoms with Crippen molar-refractivity contribution in [3.63, 3.8) is 0 Å². The first-order chi connectivity index (χ1) is 15.0. The summed E-state index contributed by atoms with van der Waals surface area (Å²) in [5, 5.41) is 23.9. The van der Waals surface area contributed by atoms with Crippen molar-refractivity contribution in [1.82, 2.24) is 4.98 Å². The van der Waals surface area contributed by atoms with Crippen LogP contribution in [0.1, 0.15) is 16.8 Å². The first kappa shape index (κ1) is 22.0. The highest BCUT2D eigenvalue weighted by molar-refractivity contribution is 6.11. The van der Waals surface area contributed by atoms with E-state index in [9.17, 15) is 33.0 Å². The number of aliphatic hydroxyl groups excluding tert-OH is 2. The molecule has 0 bridgehead atoms. The normalized spacial score (nSPS) is 23.2. The van der Waals surface area contributed by atoms with Gasteiger partial charge in [0.25, 0.3) is 11.8 Å². The summed E-state index contributed by atoms with van der Waals surface area (Å²) in [6, 6.07) is 5.07. The van der Waals surface area contributed by atoms with Gasteiger partial charge < -0.3 is 20.4 Å². The number of nitrogens with one attached hydrogen (secondary N) is 1. The van der Waals surface area contributed by atoms with E-state index in [0.717, 1.165) is 11.6 Å². The molecule has 11 heteroatoms. The van der Waals surface area contributed by atoms with E-state index in [4.69, 9.17) is 0 Å². The van der Waals surface area contributed by atoms with E-state index in [2.05, 4.69) is 10.3 Å². The van der Waals surface area contributed by atoms with Gasteiger partial charge in [-0.2, -0.15) is 13.2 Å². The molecule has 3 atom stereocenters. The van der Waals surface area contributed by atoms with Gasteiger partial charge in [-0.1, -0.05) is 12.1 Å². The minimum absolute atomic E-state index is 0.0344. The molecule has 0 aliphatic carbocycles. The number of para-hydroxylation sites is 1. The lowest BCUT2D eigenvalue weighted by atomic mass is 10.1. The number of rotatable bonds is 2. The molecule has 1 fully saturated rings. The van der Waals surface area contributed by atoms with Crippen molar-refractivity contribution < 1.29 is 33.0 Å². The van der Waals surface area contributed by atoms with Crippen molar-refractivity contribution >= 4 is 29.0 Å². The lowest BCUT2D eigenvalue weighted by Crippen LogP contribution is -2.53. The Balaban J connectivity index is 1.79. The Bertz CT molecular complexity index is 1090. The third-order valence-electron chi connectivity index (χ3n) is 5.63. The number of hydrogen-bond acceptors (Lipinski definition) is 6. The van der Waals surface area contributed by atoms with Gasteiger partial charge in [-0.05, 0) is 37.6 Å². The second-order valence-corrected chi connectivity index (χ2v) is 7.83. The fourth-order valence-corrected chi connectivity index (χ4v) is 4.11. The summed E-state index contributed by atoms with van der Waals surface area (Å²) < 4.78 is 40.0. The maximum Gasteiger partial charge on any atom is 0.416 e. The van der Waals surface area contributed by atoms with Crippen LogP contribution >= 0.6 is 0 Å². The number of aryl methyl sites for hydroxylation is 2. The minimum atomic E-state index is -4.71. The van der Waals surface area contributed by atoms with Gasteiger partial charge in [-0.3, -0.25) is 14.5 Å². The average Bonchev–Trinajstić information content (AvgIpc) is 2.96. The Labute approximate surface area is 181 Å². The zero-order valence-corrected chi connectivity index (χ0v) is 17.2. The van der Waals surface area contributed by atoms with Gasteiger partial charge in [-0.15, -0.1) is 0 Å². The largest absolute Gasteiger partial charge is 0.416 e. The van der Waals surface area contributed by atoms with Crippen molar-refractivity contribution in [2.75, 3.05) is 28.2 Å². The van der Waals surface area contributed by atoms with E-state index in [1.54, 1.807) is 12.1 Å². The molecule has 0 spiro atoms. The predicted octanol–water partition coefficient (Wildman–Crippen LogP) is 1.61. The molecule has 1 aromatic heterocycles. The molecule has 8 nitrogen and oxygen atoms in total. The predicted molar refractivity (Wildman–Crippen MR) is 109 cm³/mol. The Morgan fingerprint density at radius 1 is 1.22 bits per heavy atom. The number of fused-ring (bicyclic) bond motifs is 1. The van der Waals surface area contributed by atoms with Crippen LogP contribution in [0, 0.1) is 13.8 Å². The number of amides is 2. The van der Waals surface area contributed by atoms with Crippen LogP contribution < -0.4 is 15.1 Å². The quantitative estimate of drug-likeness (QED) is 0.642. The number of nitrogens with zero attached hydrogens (tertiary/aromatic N) is 3. The van der Waals surface area contributed by atoms with Crippen molar-refractivity contribution in [3.8, 4) is 0 Å². The fraction of sp³-hybridized carbons (Fsp3) is 0.381. The molecule has 3 heterocycles. The Morgan fingerprint density at radius 2 is 1.94 bits per heavy atom. The van der Waals surface area contributed by atoms with E-state index in [1.807, 2.05) is 13.0 Å². The Kier molecular flexibility index (Phi) is 5.33. The van der Waals surface area contributed by atoms with E-state index >= 15 is 0 Å². The summed E-state index contributed by atoms with van der Waals surface area (Å²) in [7, 11) is 0. The molecular weight excluding hydrogens is 429 g/mol. The monoisotopic (exact) mass is 450 g/mol. The van der Waals surface area contributed by atoms with Crippen LogP contribution in [0.15, 0.2) is 30.3 Å². The van der Waals surface area contributed by atoms with E-state index < -0.39 is 47.6 Å². The van der Waals surface area contributed by atoms with E-state index in [-0.39, 0.29) is 12.2 Å². The number of alkyl halides is 3. The molecule has 0 unspecified atom stereocenters. The zero-order chi connectivity index (χ0) is 23.4. The number of aromatic nitrogens is 1. The van der Waals surface area contributed by atoms with E-state index in [0.29, 0.717) is 28.9 Å². The standard InChI is InChI=1S/C21H21F3N4O4/c1-10-4-3-5-13-15(10)25-6-7-27(13)19(31)16-17(29)18(30)20(32)28(16)14-9-12(21(22,23)24)8-11(2)26-14/h3-5,8-9,16-18,25,29-30H,6-7H2,1-2H3/t16-,17-,18-/m0/s1. The molecular formula is C21H21F3N4O4. The van der Waals surface area contributed by atoms with Gasteiger partial charge in [0.1, 0.15) is 18.0 Å². The number of benzene rings is 1. The number of halogens is 3. The topological polar surface area (TPSA) is 106 Å². The van der Waals surface area contributed by atoms with Crippen molar-refractivity contribution in [3.05, 3.63) is 47.2 Å². The maximum absolute atomic E-state index is 13.5. The van der Waals surface area contributed by atoms with Gasteiger partial charge in [0.15, 0.2) is 6.10 Å². The van der Waals surface area contributed by atoms with Gasteiger partial charge in [-0.25, -0.2) is 4.98 Å². The van der Waals surface area contributed by atoms with Crippen LogP contribution in [0.2, 0.25) is 0 Å². The van der Waals surface area contributed by atoms with Crippen molar-refractivity contribution in [1.29, 1.82) is 0 Å². The SMILES string of the molecule is Cc1cc(C(F)(F)F)cc(N2C(=O)[C@@H](O)[C@@H](O)[C@H]2C(=O)N2CCNc3c(C)cccc32)n1. The van der Waals surface area contributed by atoms with Crippen molar-refractivity contribution in [2.45, 2.75) is 38.3 Å². The Morgan fingerprint density at radius 3 is 2.62 bits per heavy atom. The molecule has 170 valence electrons. The molecule has 0 radical (unpaired) electrons. The number of anilines is 3. The highest BCUT2D eigenvalue weighted by Gasteiger charge is 2.53. The van der Waals surface area contributed by atoms with Gasteiger partial charge in [0.05, 0.1) is 16.9 Å². The lowest BCUT2D eigenvalue weighted by Gasteiger charge is -2.35. The number of hydrogen-bond donors (Lipinski definition) is 3. The summed E-state index contributed by atoms with van der Waals surface area (Å²) in [5.41, 5.74) is 0.988. The molecule has 2 aromatic rings. The first-order valence-corrected chi connectivity index (χ1v) is 9.90. The second-order valence-electron chi connectivity index (χ2n) is 7.83. The molecule has 2 amide bonds. The highest BCUT2D eigenvalue weighted by atomic mass is 19.4. The molecule has 0 saturated carbocycles. The van der Waals surface area contributed by atoms with Crippen LogP contribution in [0.25, 0.3) is 0 Å². The van der Waals surface area contributed by atoms with Gasteiger partial charge in [0.2, 0.25) is 0 Å². The molecule has 2 aliphatic rings. The molecule has 3 N–H and O–H groups in total. The Hall–Kier alpha value is -3.18. The molecule has 1 saturated heterocycles. The van der Waals surface area contributed by atoms with Gasteiger partial charge in [0, 0.05) is 18.8 Å². The summed E-state index contributed by atoms with van der Waals surface area (Å²) >= 11 is 0. The molecule has 4 rings (SSSR count). The molecule has 1 aromatic carbocycles. The lowest BCUT2D eigenvalue weighted by molar-refractivity contribution is -0.137.